The third kappa shape index (κ3) is 3.35. The molecule has 138 valence electrons. The van der Waals surface area contributed by atoms with Gasteiger partial charge < -0.3 is 10.2 Å². The maximum Gasteiger partial charge on any atom is 0.451 e. The van der Waals surface area contributed by atoms with Gasteiger partial charge in [0, 0.05) is 26.2 Å². The third-order valence-electron chi connectivity index (χ3n) is 5.12. The number of carbonyl (C=O) groups excluding carboxylic acids is 1. The molecule has 9 heteroatoms. The van der Waals surface area contributed by atoms with Crippen LogP contribution < -0.4 is 5.32 Å². The maximum absolute atomic E-state index is 13.3. The van der Waals surface area contributed by atoms with Crippen LogP contribution in [0.2, 0.25) is 0 Å². The molecule has 2 aliphatic rings. The Morgan fingerprint density at radius 1 is 1.24 bits per heavy atom. The number of amides is 1. The highest BCUT2D eigenvalue weighted by Gasteiger charge is 2.45. The van der Waals surface area contributed by atoms with Crippen molar-refractivity contribution < 1.29 is 18.0 Å². The van der Waals surface area contributed by atoms with Crippen LogP contribution in [0.1, 0.15) is 41.3 Å². The van der Waals surface area contributed by atoms with E-state index in [9.17, 15) is 18.0 Å². The standard InChI is InChI=1S/C16H22F3N5O/c1-23(2)15(4-3-5-15)12-10-11(21-14(22-12)16(17,18)19)13(25)24-8-6-20-7-9-24/h10,20H,3-9H2,1-2H3. The highest BCUT2D eigenvalue weighted by molar-refractivity contribution is 5.92. The summed E-state index contributed by atoms with van der Waals surface area (Å²) >= 11 is 0. The molecular formula is C16H22F3N5O. The van der Waals surface area contributed by atoms with Crippen LogP contribution in [-0.2, 0) is 11.7 Å². The zero-order valence-electron chi connectivity index (χ0n) is 14.4. The van der Waals surface area contributed by atoms with Gasteiger partial charge in [-0.1, -0.05) is 0 Å². The Kier molecular flexibility index (Phi) is 4.72. The van der Waals surface area contributed by atoms with Crippen molar-refractivity contribution in [3.8, 4) is 0 Å². The van der Waals surface area contributed by atoms with E-state index in [1.54, 1.807) is 0 Å². The van der Waals surface area contributed by atoms with Crippen LogP contribution in [0.25, 0.3) is 0 Å². The Morgan fingerprint density at radius 3 is 2.36 bits per heavy atom. The second-order valence-electron chi connectivity index (χ2n) is 6.78. The van der Waals surface area contributed by atoms with Gasteiger partial charge >= 0.3 is 6.18 Å². The molecule has 3 rings (SSSR count). The normalized spacial score (nSPS) is 20.5. The van der Waals surface area contributed by atoms with Crippen molar-refractivity contribution in [2.45, 2.75) is 31.0 Å². The molecule has 2 fully saturated rings. The maximum atomic E-state index is 13.3. The lowest BCUT2D eigenvalue weighted by atomic mass is 9.73. The molecular weight excluding hydrogens is 335 g/mol. The van der Waals surface area contributed by atoms with Gasteiger partial charge in [-0.15, -0.1) is 0 Å². The van der Waals surface area contributed by atoms with Gasteiger partial charge in [-0.3, -0.25) is 9.69 Å². The van der Waals surface area contributed by atoms with Crippen LogP contribution in [0, 0.1) is 0 Å². The van der Waals surface area contributed by atoms with E-state index < -0.39 is 23.4 Å². The minimum atomic E-state index is -4.69. The highest BCUT2D eigenvalue weighted by Crippen LogP contribution is 2.45. The summed E-state index contributed by atoms with van der Waals surface area (Å²) in [6.07, 6.45) is -2.33. The topological polar surface area (TPSA) is 61.4 Å². The number of alkyl halides is 3. The second kappa shape index (κ2) is 6.53. The summed E-state index contributed by atoms with van der Waals surface area (Å²) in [5.41, 5.74) is -0.446. The molecule has 6 nitrogen and oxygen atoms in total. The van der Waals surface area contributed by atoms with Crippen LogP contribution in [0.3, 0.4) is 0 Å². The van der Waals surface area contributed by atoms with Crippen molar-refractivity contribution in [3.05, 3.63) is 23.3 Å². The van der Waals surface area contributed by atoms with E-state index in [1.165, 1.54) is 11.0 Å². The minimum absolute atomic E-state index is 0.174. The summed E-state index contributed by atoms with van der Waals surface area (Å²) in [5.74, 6) is -1.71. The van der Waals surface area contributed by atoms with Crippen LogP contribution >= 0.6 is 0 Å². The van der Waals surface area contributed by atoms with E-state index in [1.807, 2.05) is 19.0 Å². The Morgan fingerprint density at radius 2 is 1.88 bits per heavy atom. The summed E-state index contributed by atoms with van der Waals surface area (Å²) in [6.45, 7) is 2.16. The Labute approximate surface area is 144 Å². The van der Waals surface area contributed by atoms with Crippen molar-refractivity contribution in [2.24, 2.45) is 0 Å². The lowest BCUT2D eigenvalue weighted by Crippen LogP contribution is -2.49. The zero-order valence-corrected chi connectivity index (χ0v) is 14.4. The lowest BCUT2D eigenvalue weighted by Gasteiger charge is -2.47. The molecule has 0 unspecified atom stereocenters. The van der Waals surface area contributed by atoms with Gasteiger partial charge in [0.15, 0.2) is 0 Å². The van der Waals surface area contributed by atoms with E-state index in [0.717, 1.165) is 19.3 Å². The summed E-state index contributed by atoms with van der Waals surface area (Å²) in [7, 11) is 3.65. The molecule has 0 atom stereocenters. The van der Waals surface area contributed by atoms with Crippen LogP contribution in [0.15, 0.2) is 6.07 Å². The molecule has 2 heterocycles. The predicted molar refractivity (Wildman–Crippen MR) is 85.0 cm³/mol. The summed E-state index contributed by atoms with van der Waals surface area (Å²) in [6, 6.07) is 1.44. The van der Waals surface area contributed by atoms with Crippen molar-refractivity contribution >= 4 is 5.91 Å². The van der Waals surface area contributed by atoms with Crippen molar-refractivity contribution in [1.29, 1.82) is 0 Å². The van der Waals surface area contributed by atoms with Crippen LogP contribution in [0.5, 0.6) is 0 Å². The number of rotatable bonds is 3. The number of carbonyl (C=O) groups is 1. The van der Waals surface area contributed by atoms with E-state index in [2.05, 4.69) is 15.3 Å². The molecule has 0 radical (unpaired) electrons. The molecule has 1 saturated heterocycles. The van der Waals surface area contributed by atoms with E-state index in [0.29, 0.717) is 26.2 Å². The SMILES string of the molecule is CN(C)C1(c2cc(C(=O)N3CCNCC3)nc(C(F)(F)F)n2)CCC1. The van der Waals surface area contributed by atoms with E-state index >= 15 is 0 Å². The number of halogens is 3. The molecule has 1 aromatic heterocycles. The van der Waals surface area contributed by atoms with Crippen molar-refractivity contribution in [3.63, 3.8) is 0 Å². The minimum Gasteiger partial charge on any atom is -0.335 e. The van der Waals surface area contributed by atoms with Gasteiger partial charge in [0.1, 0.15) is 5.69 Å². The fourth-order valence-electron chi connectivity index (χ4n) is 3.40. The average molecular weight is 357 g/mol. The lowest BCUT2D eigenvalue weighted by molar-refractivity contribution is -0.145. The monoisotopic (exact) mass is 357 g/mol. The molecule has 0 bridgehead atoms. The van der Waals surface area contributed by atoms with Gasteiger partial charge in [0.2, 0.25) is 5.82 Å². The van der Waals surface area contributed by atoms with E-state index in [4.69, 9.17) is 0 Å². The Bertz CT molecular complexity index is 652. The molecule has 1 saturated carbocycles. The number of nitrogens with zero attached hydrogens (tertiary/aromatic N) is 4. The summed E-state index contributed by atoms with van der Waals surface area (Å²) in [5, 5.41) is 3.11. The molecule has 1 aliphatic heterocycles. The number of piperazine rings is 1. The number of nitrogens with one attached hydrogen (secondary N) is 1. The highest BCUT2D eigenvalue weighted by atomic mass is 19.4. The Hall–Kier alpha value is -1.74. The first-order valence-electron chi connectivity index (χ1n) is 8.38. The average Bonchev–Trinajstić information content (AvgIpc) is 2.52. The predicted octanol–water partition coefficient (Wildman–Crippen LogP) is 1.48. The summed E-state index contributed by atoms with van der Waals surface area (Å²) < 4.78 is 39.9. The van der Waals surface area contributed by atoms with Gasteiger partial charge in [-0.05, 0) is 39.4 Å². The van der Waals surface area contributed by atoms with Crippen molar-refractivity contribution in [2.75, 3.05) is 40.3 Å². The zero-order chi connectivity index (χ0) is 18.2. The van der Waals surface area contributed by atoms with E-state index in [-0.39, 0.29) is 11.4 Å². The van der Waals surface area contributed by atoms with Crippen LogP contribution in [0.4, 0.5) is 13.2 Å². The molecule has 1 aromatic rings. The van der Waals surface area contributed by atoms with Crippen LogP contribution in [-0.4, -0.2) is 65.9 Å². The molecule has 0 spiro atoms. The molecule has 1 aliphatic carbocycles. The van der Waals surface area contributed by atoms with Crippen molar-refractivity contribution in [1.82, 2.24) is 25.1 Å². The second-order valence-corrected chi connectivity index (χ2v) is 6.78. The molecule has 25 heavy (non-hydrogen) atoms. The summed E-state index contributed by atoms with van der Waals surface area (Å²) in [4.78, 5) is 23.4. The largest absolute Gasteiger partial charge is 0.451 e. The molecule has 0 aromatic carbocycles. The Balaban J connectivity index is 2.03. The first-order valence-corrected chi connectivity index (χ1v) is 8.38. The first-order chi connectivity index (χ1) is 11.7. The number of hydrogen-bond acceptors (Lipinski definition) is 5. The fraction of sp³-hybridized carbons (Fsp3) is 0.688. The molecule has 1 N–H and O–H groups in total. The van der Waals surface area contributed by atoms with Gasteiger partial charge in [0.05, 0.1) is 11.2 Å². The quantitative estimate of drug-likeness (QED) is 0.888. The third-order valence-corrected chi connectivity index (χ3v) is 5.12. The number of hydrogen-bond donors (Lipinski definition) is 1. The van der Waals surface area contributed by atoms with Gasteiger partial charge in [-0.25, -0.2) is 9.97 Å². The van der Waals surface area contributed by atoms with Gasteiger partial charge in [-0.2, -0.15) is 13.2 Å². The fourth-order valence-corrected chi connectivity index (χ4v) is 3.40. The number of aromatic nitrogens is 2. The smallest absolute Gasteiger partial charge is 0.335 e. The molecule has 1 amide bonds. The first kappa shape index (κ1) is 18.1. The van der Waals surface area contributed by atoms with Gasteiger partial charge in [0.25, 0.3) is 5.91 Å².